The first-order valence-corrected chi connectivity index (χ1v) is 6.56. The van der Waals surface area contributed by atoms with Crippen LogP contribution >= 0.6 is 0 Å². The number of amides is 3. The van der Waals surface area contributed by atoms with E-state index in [-0.39, 0.29) is 6.61 Å². The van der Waals surface area contributed by atoms with Gasteiger partial charge < -0.3 is 20.1 Å². The summed E-state index contributed by atoms with van der Waals surface area (Å²) in [7, 11) is 1.73. The predicted octanol–water partition coefficient (Wildman–Crippen LogP) is 0.540. The van der Waals surface area contributed by atoms with E-state index in [1.807, 2.05) is 5.32 Å². The van der Waals surface area contributed by atoms with Crippen LogP contribution in [0.3, 0.4) is 0 Å². The molecule has 0 aromatic rings. The third-order valence-corrected chi connectivity index (χ3v) is 3.08. The summed E-state index contributed by atoms with van der Waals surface area (Å²) in [5.74, 6) is 0.595. The molecule has 0 saturated carbocycles. The second kappa shape index (κ2) is 8.71. The third-order valence-electron chi connectivity index (χ3n) is 3.08. The molecule has 0 aliphatic carbocycles. The third kappa shape index (κ3) is 6.97. The first-order valence-electron chi connectivity index (χ1n) is 6.56. The first kappa shape index (κ1) is 15.7. The van der Waals surface area contributed by atoms with E-state index in [1.165, 1.54) is 12.8 Å². The van der Waals surface area contributed by atoms with Gasteiger partial charge in [-0.2, -0.15) is 0 Å². The van der Waals surface area contributed by atoms with Crippen LogP contribution in [0.4, 0.5) is 9.59 Å². The summed E-state index contributed by atoms with van der Waals surface area (Å²) in [6, 6.07) is -0.900. The molecule has 1 saturated heterocycles. The largest absolute Gasteiger partial charge is 0.449 e. The Balaban J connectivity index is 2.08. The standard InChI is InChI=1S/C12H23N3O4/c1-18-9-10-4-2-5-15(8-10)6-3-7-19-12(17)14-11(13)16/h10H,2-9H2,1H3,(H3,13,14,16,17)/t10-/m0/s1. The number of nitrogens with zero attached hydrogens (tertiary/aromatic N) is 1. The van der Waals surface area contributed by atoms with Gasteiger partial charge in [-0.15, -0.1) is 0 Å². The Bertz CT molecular complexity index is 297. The lowest BCUT2D eigenvalue weighted by Gasteiger charge is -2.32. The van der Waals surface area contributed by atoms with Gasteiger partial charge in [0, 0.05) is 20.2 Å². The van der Waals surface area contributed by atoms with Crippen LogP contribution < -0.4 is 11.1 Å². The Kier molecular flexibility index (Phi) is 7.20. The van der Waals surface area contributed by atoms with Gasteiger partial charge in [-0.3, -0.25) is 0 Å². The van der Waals surface area contributed by atoms with E-state index in [0.717, 1.165) is 32.7 Å². The minimum Gasteiger partial charge on any atom is -0.449 e. The highest BCUT2D eigenvalue weighted by Gasteiger charge is 2.19. The van der Waals surface area contributed by atoms with E-state index in [9.17, 15) is 9.59 Å². The van der Waals surface area contributed by atoms with Gasteiger partial charge in [-0.05, 0) is 31.7 Å². The van der Waals surface area contributed by atoms with Crippen molar-refractivity contribution in [1.82, 2.24) is 10.2 Å². The second-order valence-electron chi connectivity index (χ2n) is 4.74. The lowest BCUT2D eigenvalue weighted by atomic mass is 9.99. The van der Waals surface area contributed by atoms with E-state index < -0.39 is 12.1 Å². The summed E-state index contributed by atoms with van der Waals surface area (Å²) < 4.78 is 9.99. The van der Waals surface area contributed by atoms with Crippen LogP contribution in [-0.2, 0) is 9.47 Å². The highest BCUT2D eigenvalue weighted by Crippen LogP contribution is 2.16. The van der Waals surface area contributed by atoms with Crippen molar-refractivity contribution in [1.29, 1.82) is 0 Å². The van der Waals surface area contributed by atoms with E-state index in [4.69, 9.17) is 15.2 Å². The molecule has 0 unspecified atom stereocenters. The molecule has 1 heterocycles. The Labute approximate surface area is 113 Å². The molecule has 1 fully saturated rings. The van der Waals surface area contributed by atoms with Crippen LogP contribution in [-0.4, -0.2) is 57.0 Å². The molecule has 0 aromatic heterocycles. The summed E-state index contributed by atoms with van der Waals surface area (Å²) in [5, 5.41) is 1.85. The molecule has 1 atom stereocenters. The Hall–Kier alpha value is -1.34. The number of ether oxygens (including phenoxy) is 2. The quantitative estimate of drug-likeness (QED) is 0.689. The second-order valence-corrected chi connectivity index (χ2v) is 4.74. The first-order chi connectivity index (χ1) is 9.11. The van der Waals surface area contributed by atoms with Crippen molar-refractivity contribution < 1.29 is 19.1 Å². The molecule has 0 radical (unpaired) electrons. The van der Waals surface area contributed by atoms with Gasteiger partial charge in [0.15, 0.2) is 0 Å². The number of likely N-dealkylation sites (tertiary alicyclic amines) is 1. The number of imide groups is 1. The van der Waals surface area contributed by atoms with Gasteiger partial charge in [0.25, 0.3) is 0 Å². The lowest BCUT2D eigenvalue weighted by Crippen LogP contribution is -2.38. The smallest absolute Gasteiger partial charge is 0.415 e. The van der Waals surface area contributed by atoms with Crippen molar-refractivity contribution in [3.8, 4) is 0 Å². The fourth-order valence-corrected chi connectivity index (χ4v) is 2.32. The zero-order valence-electron chi connectivity index (χ0n) is 11.4. The number of urea groups is 1. The Morgan fingerprint density at radius 3 is 2.95 bits per heavy atom. The van der Waals surface area contributed by atoms with Gasteiger partial charge in [0.2, 0.25) is 0 Å². The molecule has 0 bridgehead atoms. The van der Waals surface area contributed by atoms with Crippen LogP contribution in [0.1, 0.15) is 19.3 Å². The summed E-state index contributed by atoms with van der Waals surface area (Å²) in [6.45, 7) is 4.07. The average molecular weight is 273 g/mol. The summed E-state index contributed by atoms with van der Waals surface area (Å²) >= 11 is 0. The highest BCUT2D eigenvalue weighted by atomic mass is 16.5. The van der Waals surface area contributed by atoms with E-state index in [0.29, 0.717) is 5.92 Å². The number of piperidine rings is 1. The Morgan fingerprint density at radius 1 is 1.47 bits per heavy atom. The molecule has 1 aliphatic heterocycles. The number of alkyl carbamates (subject to hydrolysis) is 1. The number of methoxy groups -OCH3 is 1. The predicted molar refractivity (Wildman–Crippen MR) is 69.7 cm³/mol. The van der Waals surface area contributed by atoms with Crippen molar-refractivity contribution in [2.75, 3.05) is 40.0 Å². The highest BCUT2D eigenvalue weighted by molar-refractivity contribution is 5.89. The zero-order chi connectivity index (χ0) is 14.1. The molecule has 0 aromatic carbocycles. The van der Waals surface area contributed by atoms with Crippen LogP contribution in [0.2, 0.25) is 0 Å². The van der Waals surface area contributed by atoms with Crippen molar-refractivity contribution in [2.45, 2.75) is 19.3 Å². The van der Waals surface area contributed by atoms with Gasteiger partial charge in [-0.1, -0.05) is 0 Å². The normalized spacial score (nSPS) is 19.9. The fraction of sp³-hybridized carbons (Fsp3) is 0.833. The molecule has 0 spiro atoms. The van der Waals surface area contributed by atoms with E-state index >= 15 is 0 Å². The van der Waals surface area contributed by atoms with Crippen molar-refractivity contribution in [3.05, 3.63) is 0 Å². The van der Waals surface area contributed by atoms with E-state index in [2.05, 4.69) is 4.90 Å². The van der Waals surface area contributed by atoms with Crippen molar-refractivity contribution in [2.24, 2.45) is 11.7 Å². The number of nitrogens with two attached hydrogens (primary N) is 1. The summed E-state index contributed by atoms with van der Waals surface area (Å²) in [4.78, 5) is 23.7. The fourth-order valence-electron chi connectivity index (χ4n) is 2.32. The number of hydrogen-bond acceptors (Lipinski definition) is 5. The van der Waals surface area contributed by atoms with Gasteiger partial charge >= 0.3 is 12.1 Å². The van der Waals surface area contributed by atoms with E-state index in [1.54, 1.807) is 7.11 Å². The molecule has 7 nitrogen and oxygen atoms in total. The van der Waals surface area contributed by atoms with Gasteiger partial charge in [-0.25, -0.2) is 14.9 Å². The number of nitrogens with one attached hydrogen (secondary N) is 1. The monoisotopic (exact) mass is 273 g/mol. The molecule has 3 N–H and O–H groups in total. The molecular formula is C12H23N3O4. The zero-order valence-corrected chi connectivity index (χ0v) is 11.4. The maximum atomic E-state index is 11.0. The topological polar surface area (TPSA) is 93.9 Å². The minimum atomic E-state index is -0.900. The maximum Gasteiger partial charge on any atom is 0.415 e. The van der Waals surface area contributed by atoms with Crippen LogP contribution in [0, 0.1) is 5.92 Å². The maximum absolute atomic E-state index is 11.0. The van der Waals surface area contributed by atoms with Crippen LogP contribution in [0.5, 0.6) is 0 Å². The van der Waals surface area contributed by atoms with Crippen LogP contribution in [0.25, 0.3) is 0 Å². The molecule has 110 valence electrons. The molecule has 19 heavy (non-hydrogen) atoms. The minimum absolute atomic E-state index is 0.282. The number of primary amides is 1. The molecule has 7 heteroatoms. The number of rotatable bonds is 6. The average Bonchev–Trinajstić information content (AvgIpc) is 2.35. The van der Waals surface area contributed by atoms with Crippen molar-refractivity contribution >= 4 is 12.1 Å². The Morgan fingerprint density at radius 2 is 2.26 bits per heavy atom. The lowest BCUT2D eigenvalue weighted by molar-refractivity contribution is 0.0849. The molecule has 1 rings (SSSR count). The number of carbonyl (C=O) groups excluding carboxylic acids is 2. The molecule has 3 amide bonds. The molecular weight excluding hydrogens is 250 g/mol. The van der Waals surface area contributed by atoms with Crippen molar-refractivity contribution in [3.63, 3.8) is 0 Å². The van der Waals surface area contributed by atoms with Crippen LogP contribution in [0.15, 0.2) is 0 Å². The van der Waals surface area contributed by atoms with Gasteiger partial charge in [0.1, 0.15) is 0 Å². The molecule has 1 aliphatic rings. The van der Waals surface area contributed by atoms with Gasteiger partial charge in [0.05, 0.1) is 13.2 Å². The number of hydrogen-bond donors (Lipinski definition) is 2. The summed E-state index contributed by atoms with van der Waals surface area (Å²) in [5.41, 5.74) is 4.79. The summed E-state index contributed by atoms with van der Waals surface area (Å²) in [6.07, 6.45) is 2.34. The SMILES string of the molecule is COC[C@H]1CCCN(CCCOC(=O)NC(N)=O)C1. The number of carbonyl (C=O) groups is 2.